The lowest BCUT2D eigenvalue weighted by Gasteiger charge is -2.35. The summed E-state index contributed by atoms with van der Waals surface area (Å²) < 4.78 is 64.8. The first kappa shape index (κ1) is 20.8. The lowest BCUT2D eigenvalue weighted by molar-refractivity contribution is -0.186. The molecule has 0 spiro atoms. The van der Waals surface area contributed by atoms with Crippen LogP contribution in [0.3, 0.4) is 0 Å². The van der Waals surface area contributed by atoms with Crippen molar-refractivity contribution in [1.29, 1.82) is 0 Å². The molecule has 0 radical (unpaired) electrons. The van der Waals surface area contributed by atoms with Crippen molar-refractivity contribution in [3.63, 3.8) is 0 Å². The maximum absolute atomic E-state index is 13.0. The Kier molecular flexibility index (Phi) is 6.44. The van der Waals surface area contributed by atoms with Gasteiger partial charge in [0, 0.05) is 24.7 Å². The number of carbonyl (C=O) groups excluding carboxylic acids is 1. The van der Waals surface area contributed by atoms with Crippen LogP contribution in [0.5, 0.6) is 0 Å². The van der Waals surface area contributed by atoms with Crippen LogP contribution in [0.15, 0.2) is 24.3 Å². The minimum Gasteiger partial charge on any atom is -0.335 e. The molecule has 1 saturated heterocycles. The fraction of sp³-hybridized carbons (Fsp3) is 0.562. The molecule has 0 aliphatic carbocycles. The van der Waals surface area contributed by atoms with E-state index in [1.807, 2.05) is 6.92 Å². The Labute approximate surface area is 155 Å². The monoisotopic (exact) mass is 412 g/mol. The van der Waals surface area contributed by atoms with Gasteiger partial charge in [0.25, 0.3) is 0 Å². The highest BCUT2D eigenvalue weighted by Gasteiger charge is 2.45. The molecule has 0 saturated carbocycles. The van der Waals surface area contributed by atoms with Gasteiger partial charge in [-0.25, -0.2) is 8.42 Å². The zero-order chi connectivity index (χ0) is 19.5. The maximum Gasteiger partial charge on any atom is 0.471 e. The zero-order valence-electron chi connectivity index (χ0n) is 14.2. The highest BCUT2D eigenvalue weighted by atomic mass is 35.5. The van der Waals surface area contributed by atoms with Crippen LogP contribution in [-0.2, 0) is 14.8 Å². The molecule has 0 bridgehead atoms. The van der Waals surface area contributed by atoms with Crippen molar-refractivity contribution in [3.05, 3.63) is 29.3 Å². The second kappa shape index (κ2) is 8.04. The van der Waals surface area contributed by atoms with Gasteiger partial charge in [-0.3, -0.25) is 9.10 Å². The fourth-order valence-corrected chi connectivity index (χ4v) is 5.07. The summed E-state index contributed by atoms with van der Waals surface area (Å²) in [7, 11) is -3.77. The lowest BCUT2D eigenvalue weighted by atomic mass is 10.1. The normalized spacial score (nSPS) is 16.6. The summed E-state index contributed by atoms with van der Waals surface area (Å²) in [5, 5.41) is -0.358. The minimum atomic E-state index is -4.94. The molecule has 0 aromatic heterocycles. The van der Waals surface area contributed by atoms with Gasteiger partial charge in [0.2, 0.25) is 10.0 Å². The molecule has 1 aliphatic rings. The summed E-state index contributed by atoms with van der Waals surface area (Å²) >= 11 is 5.84. The van der Waals surface area contributed by atoms with E-state index >= 15 is 0 Å². The molecular formula is C16H20ClF3N2O3S. The second-order valence-corrected chi connectivity index (χ2v) is 8.66. The first-order valence-corrected chi connectivity index (χ1v) is 10.1. The second-order valence-electron chi connectivity index (χ2n) is 6.08. The fourth-order valence-electron chi connectivity index (χ4n) is 2.93. The first-order chi connectivity index (χ1) is 12.1. The predicted molar refractivity (Wildman–Crippen MR) is 93.7 cm³/mol. The molecule has 0 N–H and O–H groups in total. The molecule has 146 valence electrons. The molecule has 1 amide bonds. The number of nitrogens with zero attached hydrogens (tertiary/aromatic N) is 2. The zero-order valence-corrected chi connectivity index (χ0v) is 15.7. The number of sulfonamides is 1. The standard InChI is InChI=1S/C16H20ClF3N2O3S/c1-2-9-22(13-5-3-12(17)4-6-13)26(24,25)14-7-10-21(11-8-14)15(23)16(18,19)20/h3-6,14H,2,7-11H2,1H3. The van der Waals surface area contributed by atoms with Gasteiger partial charge >= 0.3 is 12.1 Å². The average molecular weight is 413 g/mol. The van der Waals surface area contributed by atoms with Crippen molar-refractivity contribution in [2.75, 3.05) is 23.9 Å². The van der Waals surface area contributed by atoms with Gasteiger partial charge in [-0.2, -0.15) is 13.2 Å². The number of anilines is 1. The number of likely N-dealkylation sites (tertiary alicyclic amines) is 1. The van der Waals surface area contributed by atoms with E-state index in [1.54, 1.807) is 24.3 Å². The Hall–Kier alpha value is -1.48. The number of rotatable bonds is 5. The van der Waals surface area contributed by atoms with Gasteiger partial charge in [-0.15, -0.1) is 0 Å². The van der Waals surface area contributed by atoms with E-state index in [1.165, 1.54) is 4.31 Å². The Balaban J connectivity index is 2.15. The average Bonchev–Trinajstić information content (AvgIpc) is 2.59. The van der Waals surface area contributed by atoms with E-state index in [0.29, 0.717) is 22.0 Å². The van der Waals surface area contributed by atoms with Gasteiger partial charge in [0.05, 0.1) is 10.9 Å². The smallest absolute Gasteiger partial charge is 0.335 e. The molecule has 0 unspecified atom stereocenters. The van der Waals surface area contributed by atoms with E-state index < -0.39 is 27.4 Å². The van der Waals surface area contributed by atoms with E-state index in [2.05, 4.69) is 0 Å². The molecule has 1 aromatic rings. The number of benzene rings is 1. The number of amides is 1. The van der Waals surface area contributed by atoms with Crippen molar-refractivity contribution in [2.24, 2.45) is 0 Å². The van der Waals surface area contributed by atoms with Crippen LogP contribution in [0.2, 0.25) is 5.02 Å². The topological polar surface area (TPSA) is 57.7 Å². The molecule has 10 heteroatoms. The van der Waals surface area contributed by atoms with Gasteiger partial charge in [-0.05, 0) is 43.5 Å². The number of alkyl halides is 3. The number of hydrogen-bond acceptors (Lipinski definition) is 3. The molecule has 1 aromatic carbocycles. The van der Waals surface area contributed by atoms with Crippen LogP contribution in [0.4, 0.5) is 18.9 Å². The maximum atomic E-state index is 13.0. The summed E-state index contributed by atoms with van der Waals surface area (Å²) in [5.41, 5.74) is 0.463. The van der Waals surface area contributed by atoms with E-state index in [4.69, 9.17) is 11.6 Å². The van der Waals surface area contributed by atoms with Crippen LogP contribution in [-0.4, -0.2) is 50.3 Å². The van der Waals surface area contributed by atoms with Crippen LogP contribution in [0.25, 0.3) is 0 Å². The quantitative estimate of drug-likeness (QED) is 0.744. The Morgan fingerprint density at radius 2 is 1.77 bits per heavy atom. The predicted octanol–water partition coefficient (Wildman–Crippen LogP) is 3.44. The molecular weight excluding hydrogens is 393 g/mol. The van der Waals surface area contributed by atoms with E-state index in [-0.39, 0.29) is 32.5 Å². The van der Waals surface area contributed by atoms with Crippen molar-refractivity contribution >= 4 is 33.2 Å². The highest BCUT2D eigenvalue weighted by molar-refractivity contribution is 7.93. The van der Waals surface area contributed by atoms with Gasteiger partial charge in [0.15, 0.2) is 0 Å². The number of hydrogen-bond donors (Lipinski definition) is 0. The third kappa shape index (κ3) is 4.62. The summed E-state index contributed by atoms with van der Waals surface area (Å²) in [4.78, 5) is 12.0. The van der Waals surface area contributed by atoms with Gasteiger partial charge in [-0.1, -0.05) is 18.5 Å². The van der Waals surface area contributed by atoms with E-state index in [9.17, 15) is 26.4 Å². The molecule has 1 aliphatic heterocycles. The Bertz CT molecular complexity index is 730. The van der Waals surface area contributed by atoms with Crippen LogP contribution in [0, 0.1) is 0 Å². The van der Waals surface area contributed by atoms with Crippen molar-refractivity contribution in [3.8, 4) is 0 Å². The molecule has 0 atom stereocenters. The Morgan fingerprint density at radius 3 is 2.23 bits per heavy atom. The largest absolute Gasteiger partial charge is 0.471 e. The third-order valence-electron chi connectivity index (χ3n) is 4.24. The van der Waals surface area contributed by atoms with Crippen LogP contribution in [0.1, 0.15) is 26.2 Å². The highest BCUT2D eigenvalue weighted by Crippen LogP contribution is 2.29. The Morgan fingerprint density at radius 1 is 1.23 bits per heavy atom. The summed E-state index contributed by atoms with van der Waals surface area (Å²) in [6.07, 6.45) is -4.42. The summed E-state index contributed by atoms with van der Waals surface area (Å²) in [6, 6.07) is 6.36. The number of piperidine rings is 1. The third-order valence-corrected chi connectivity index (χ3v) is 6.82. The van der Waals surface area contributed by atoms with Crippen molar-refractivity contribution in [2.45, 2.75) is 37.6 Å². The van der Waals surface area contributed by atoms with E-state index in [0.717, 1.165) is 0 Å². The van der Waals surface area contributed by atoms with Gasteiger partial charge in [0.1, 0.15) is 0 Å². The van der Waals surface area contributed by atoms with Crippen LogP contribution < -0.4 is 4.31 Å². The summed E-state index contributed by atoms with van der Waals surface area (Å²) in [5.74, 6) is -1.92. The van der Waals surface area contributed by atoms with Crippen molar-refractivity contribution in [1.82, 2.24) is 4.90 Å². The molecule has 5 nitrogen and oxygen atoms in total. The number of carbonyl (C=O) groups is 1. The molecule has 2 rings (SSSR count). The number of halogens is 4. The molecule has 1 fully saturated rings. The molecule has 26 heavy (non-hydrogen) atoms. The van der Waals surface area contributed by atoms with Gasteiger partial charge < -0.3 is 4.90 Å². The van der Waals surface area contributed by atoms with Crippen LogP contribution >= 0.6 is 11.6 Å². The SMILES string of the molecule is CCCN(c1ccc(Cl)cc1)S(=O)(=O)C1CCN(C(=O)C(F)(F)F)CC1. The van der Waals surface area contributed by atoms with Crippen molar-refractivity contribution < 1.29 is 26.4 Å². The summed E-state index contributed by atoms with van der Waals surface area (Å²) in [6.45, 7) is 1.63. The lowest BCUT2D eigenvalue weighted by Crippen LogP contribution is -2.50. The first-order valence-electron chi connectivity index (χ1n) is 8.20. The molecule has 1 heterocycles. The minimum absolute atomic E-state index is 0.0298.